The second-order valence-electron chi connectivity index (χ2n) is 8.91. The maximum atomic E-state index is 11.7. The number of rotatable bonds is 13. The fraction of sp³-hybridized carbons (Fsp3) is 0.250. The van der Waals surface area contributed by atoms with E-state index in [4.69, 9.17) is 18.4 Å². The Kier molecular flexibility index (Phi) is 9.04. The van der Waals surface area contributed by atoms with E-state index in [1.165, 1.54) is 47.4 Å². The summed E-state index contributed by atoms with van der Waals surface area (Å²) in [6.45, 7) is 0.273. The van der Waals surface area contributed by atoms with E-state index in [1.54, 1.807) is 4.57 Å². The van der Waals surface area contributed by atoms with Gasteiger partial charge < -0.3 is 23.3 Å². The number of aromatic nitrogens is 1. The van der Waals surface area contributed by atoms with E-state index in [-0.39, 0.29) is 61.4 Å². The molecule has 0 radical (unpaired) electrons. The predicted octanol–water partition coefficient (Wildman–Crippen LogP) is 1.47. The van der Waals surface area contributed by atoms with Crippen LogP contribution in [0, 0.1) is 0 Å². The van der Waals surface area contributed by atoms with Crippen molar-refractivity contribution in [2.75, 3.05) is 23.0 Å². The molecule has 0 fully saturated rings. The third-order valence-electron chi connectivity index (χ3n) is 5.92. The number of oxazole rings is 1. The smallest absolute Gasteiger partial charge is 0.374 e. The maximum absolute atomic E-state index is 11.7. The number of benzene rings is 2. The van der Waals surface area contributed by atoms with Gasteiger partial charge in [0.15, 0.2) is 12.3 Å². The number of aryl methyl sites for hydroxylation is 1. The van der Waals surface area contributed by atoms with Gasteiger partial charge in [0.2, 0.25) is 11.5 Å². The molecule has 15 nitrogen and oxygen atoms in total. The van der Waals surface area contributed by atoms with Crippen LogP contribution < -0.4 is 18.9 Å². The fourth-order valence-electron chi connectivity index (χ4n) is 4.18. The highest BCUT2D eigenvalue weighted by Gasteiger charge is 2.28. The van der Waals surface area contributed by atoms with Crippen LogP contribution in [0.1, 0.15) is 18.7 Å². The summed E-state index contributed by atoms with van der Waals surface area (Å²) < 4.78 is 116. The van der Waals surface area contributed by atoms with Gasteiger partial charge in [-0.1, -0.05) is 0 Å². The molecule has 2 aromatic carbocycles. The summed E-state index contributed by atoms with van der Waals surface area (Å²) in [6, 6.07) is 8.11. The van der Waals surface area contributed by atoms with E-state index in [9.17, 15) is 39.2 Å². The van der Waals surface area contributed by atoms with E-state index in [1.807, 2.05) is 0 Å². The highest BCUT2D eigenvalue weighted by atomic mass is 32.2. The van der Waals surface area contributed by atoms with E-state index in [0.29, 0.717) is 11.1 Å². The summed E-state index contributed by atoms with van der Waals surface area (Å²) in [7, 11) is -13.3. The van der Waals surface area contributed by atoms with Gasteiger partial charge in [0.25, 0.3) is 32.2 Å². The van der Waals surface area contributed by atoms with Gasteiger partial charge in [0.1, 0.15) is 5.75 Å². The molecule has 0 spiro atoms. The number of fused-ring (bicyclic) bond motifs is 2. The van der Waals surface area contributed by atoms with Crippen molar-refractivity contribution in [1.82, 2.24) is 0 Å². The first-order valence-electron chi connectivity index (χ1n) is 12.1. The van der Waals surface area contributed by atoms with E-state index >= 15 is 0 Å². The zero-order valence-corrected chi connectivity index (χ0v) is 24.0. The Balaban J connectivity index is 1.68. The lowest BCUT2D eigenvalue weighted by Crippen LogP contribution is -2.36. The Morgan fingerprint density at radius 2 is 1.76 bits per heavy atom. The van der Waals surface area contributed by atoms with E-state index < -0.39 is 46.8 Å². The van der Waals surface area contributed by atoms with E-state index in [2.05, 4.69) is 0 Å². The van der Waals surface area contributed by atoms with Gasteiger partial charge in [-0.2, -0.15) is 21.4 Å². The minimum atomic E-state index is -4.56. The molecule has 0 bridgehead atoms. The van der Waals surface area contributed by atoms with Crippen LogP contribution in [0.2, 0.25) is 0 Å². The molecule has 4 rings (SSSR count). The molecular weight excluding hydrogens is 620 g/mol. The van der Waals surface area contributed by atoms with Crippen molar-refractivity contribution >= 4 is 59.7 Å². The van der Waals surface area contributed by atoms with Crippen molar-refractivity contribution in [3.05, 3.63) is 60.3 Å². The Bertz CT molecular complexity index is 1890. The van der Waals surface area contributed by atoms with Crippen molar-refractivity contribution in [3.63, 3.8) is 0 Å². The predicted molar refractivity (Wildman–Crippen MR) is 145 cm³/mol. The molecule has 3 aromatic rings. The highest BCUT2D eigenvalue weighted by molar-refractivity contribution is 7.86. The molecule has 0 saturated carbocycles. The summed E-state index contributed by atoms with van der Waals surface area (Å²) in [5.74, 6) is -0.423. The van der Waals surface area contributed by atoms with Gasteiger partial charge in [-0.05, 0) is 48.9 Å². The first-order valence-corrected chi connectivity index (χ1v) is 16.7. The lowest BCUT2D eigenvalue weighted by atomic mass is 10.2. The number of anilines is 1. The zero-order valence-electron chi connectivity index (χ0n) is 21.5. The zero-order chi connectivity index (χ0) is 30.7. The molecule has 1 aliphatic rings. The molecule has 0 amide bonds. The lowest BCUT2D eigenvalue weighted by Gasteiger charge is -2.18. The molecule has 0 atom stereocenters. The Hall–Kier alpha value is -3.81. The first kappa shape index (κ1) is 31.1. The SMILES string of the molecule is O=COc1ccc2oc(/C=C/C=C3\Oc4ccc(S(=O)(=O)O)cc4N3CCCS(=O)(=O)O)[n+](CCCS(=O)(=O)[O-])c2c1. The second kappa shape index (κ2) is 12.2. The van der Waals surface area contributed by atoms with Gasteiger partial charge in [0.05, 0.1) is 38.6 Å². The summed E-state index contributed by atoms with van der Waals surface area (Å²) in [6.07, 6.45) is 4.34. The quantitative estimate of drug-likeness (QED) is 0.153. The molecule has 0 unspecified atom stereocenters. The fourth-order valence-corrected chi connectivity index (χ4v) is 5.65. The maximum Gasteiger partial charge on any atom is 0.374 e. The number of hydrogen-bond donors (Lipinski definition) is 2. The standard InChI is InChI=1S/C24H24N2O13S3/c27-16-37-17-6-8-21-19(14-17)25(10-2-12-40(28,29)30)23(38-21)4-1-5-24-26(11-3-13-41(31,32)33)20-15-18(42(34,35)36)7-9-22(20)39-24/h1,4-9,14-16H,2-3,10-13H2,(H2-,28,29,30,31,32,33,34,35,36). The summed E-state index contributed by atoms with van der Waals surface area (Å²) in [5.41, 5.74) is 1.03. The minimum absolute atomic E-state index is 0.0186. The molecular formula is C24H24N2O13S3. The Morgan fingerprint density at radius 3 is 2.43 bits per heavy atom. The Morgan fingerprint density at radius 1 is 1.00 bits per heavy atom. The number of nitrogens with zero attached hydrogens (tertiary/aromatic N) is 2. The van der Waals surface area contributed by atoms with Crippen molar-refractivity contribution < 1.29 is 62.2 Å². The monoisotopic (exact) mass is 644 g/mol. The van der Waals surface area contributed by atoms with Gasteiger partial charge in [0, 0.05) is 18.7 Å². The Labute approximate surface area is 240 Å². The number of ether oxygens (including phenoxy) is 2. The number of carbonyl (C=O) groups excluding carboxylic acids is 1. The molecule has 42 heavy (non-hydrogen) atoms. The van der Waals surface area contributed by atoms with E-state index in [0.717, 1.165) is 12.1 Å². The van der Waals surface area contributed by atoms with Crippen LogP contribution in [0.4, 0.5) is 5.69 Å². The number of carbonyl (C=O) groups is 1. The van der Waals surface area contributed by atoms with Crippen LogP contribution in [0.3, 0.4) is 0 Å². The van der Waals surface area contributed by atoms with Crippen molar-refractivity contribution in [1.29, 1.82) is 0 Å². The molecule has 226 valence electrons. The summed E-state index contributed by atoms with van der Waals surface area (Å²) in [5, 5.41) is 0. The topological polar surface area (TPSA) is 222 Å². The van der Waals surface area contributed by atoms with Crippen molar-refractivity contribution in [2.45, 2.75) is 24.3 Å². The summed E-state index contributed by atoms with van der Waals surface area (Å²) in [4.78, 5) is 11.8. The van der Waals surface area contributed by atoms with Gasteiger partial charge in [-0.15, -0.1) is 0 Å². The average Bonchev–Trinajstić information content (AvgIpc) is 3.39. The summed E-state index contributed by atoms with van der Waals surface area (Å²) >= 11 is 0. The average molecular weight is 645 g/mol. The third-order valence-corrected chi connectivity index (χ3v) is 8.37. The molecule has 2 heterocycles. The molecule has 18 heteroatoms. The van der Waals surface area contributed by atoms with Gasteiger partial charge >= 0.3 is 5.89 Å². The number of allylic oxidation sites excluding steroid dienone is 2. The van der Waals surface area contributed by atoms with Crippen molar-refractivity contribution in [2.24, 2.45) is 0 Å². The highest BCUT2D eigenvalue weighted by Crippen LogP contribution is 2.40. The minimum Gasteiger partial charge on any atom is -0.748 e. The molecule has 0 saturated heterocycles. The van der Waals surface area contributed by atoms with Crippen LogP contribution in [0.15, 0.2) is 63.7 Å². The van der Waals surface area contributed by atoms with Crippen LogP contribution in [0.5, 0.6) is 11.5 Å². The normalized spacial score (nSPS) is 14.9. The molecule has 0 aliphatic carbocycles. The van der Waals surface area contributed by atoms with Crippen LogP contribution >= 0.6 is 0 Å². The van der Waals surface area contributed by atoms with Gasteiger partial charge in [-0.25, -0.2) is 8.42 Å². The van der Waals surface area contributed by atoms with Crippen LogP contribution in [-0.2, 0) is 41.7 Å². The second-order valence-corrected chi connectivity index (χ2v) is 13.4. The van der Waals surface area contributed by atoms with Crippen LogP contribution in [-0.4, -0.2) is 63.4 Å². The van der Waals surface area contributed by atoms with Crippen molar-refractivity contribution in [3.8, 4) is 11.5 Å². The van der Waals surface area contributed by atoms with Gasteiger partial charge in [-0.3, -0.25) is 13.9 Å². The van der Waals surface area contributed by atoms with Crippen LogP contribution in [0.25, 0.3) is 17.2 Å². The largest absolute Gasteiger partial charge is 0.748 e. The third kappa shape index (κ3) is 7.93. The molecule has 1 aliphatic heterocycles. The molecule has 2 N–H and O–H groups in total. The number of hydrogen-bond acceptors (Lipinski definition) is 12. The molecule has 1 aromatic heterocycles. The lowest BCUT2D eigenvalue weighted by molar-refractivity contribution is -0.677. The first-order chi connectivity index (χ1) is 19.6.